The van der Waals surface area contributed by atoms with E-state index in [0.717, 1.165) is 24.1 Å². The number of aromatic nitrogens is 2. The van der Waals surface area contributed by atoms with E-state index in [2.05, 4.69) is 36.1 Å². The van der Waals surface area contributed by atoms with E-state index in [1.807, 2.05) is 65.2 Å². The van der Waals surface area contributed by atoms with E-state index in [4.69, 9.17) is 9.47 Å². The second-order valence-electron chi connectivity index (χ2n) is 11.7. The van der Waals surface area contributed by atoms with Crippen molar-refractivity contribution in [2.75, 3.05) is 26.3 Å². The van der Waals surface area contributed by atoms with Crippen LogP contribution in [0.3, 0.4) is 0 Å². The number of aryl methyl sites for hydroxylation is 1. The van der Waals surface area contributed by atoms with Gasteiger partial charge in [0.25, 0.3) is 0 Å². The van der Waals surface area contributed by atoms with Crippen molar-refractivity contribution in [2.24, 2.45) is 0 Å². The number of fused-ring (bicyclic) bond motifs is 1. The van der Waals surface area contributed by atoms with Gasteiger partial charge in [-0.05, 0) is 56.4 Å². The number of esters is 1. The van der Waals surface area contributed by atoms with Gasteiger partial charge in [-0.15, -0.1) is 0 Å². The Bertz CT molecular complexity index is 1550. The Kier molecular flexibility index (Phi) is 11.1. The molecule has 2 heterocycles. The largest absolute Gasteiger partial charge is 0.466 e. The summed E-state index contributed by atoms with van der Waals surface area (Å²) in [6.45, 7) is 7.52. The molecule has 1 atom stereocenters. The van der Waals surface area contributed by atoms with Crippen molar-refractivity contribution in [1.29, 1.82) is 0 Å². The molecule has 45 heavy (non-hydrogen) atoms. The Morgan fingerprint density at radius 2 is 1.42 bits per heavy atom. The lowest BCUT2D eigenvalue weighted by Gasteiger charge is -2.33. The number of likely N-dealkylation sites (tertiary alicyclic amines) is 1. The van der Waals surface area contributed by atoms with Crippen LogP contribution < -0.4 is 5.69 Å². The third-order valence-electron chi connectivity index (χ3n) is 8.55. The maximum absolute atomic E-state index is 13.6. The van der Waals surface area contributed by atoms with E-state index in [0.29, 0.717) is 45.5 Å². The topological polar surface area (TPSA) is 86.0 Å². The van der Waals surface area contributed by atoms with E-state index in [1.165, 1.54) is 11.1 Å². The van der Waals surface area contributed by atoms with Crippen molar-refractivity contribution < 1.29 is 19.1 Å². The zero-order chi connectivity index (χ0) is 31.6. The standard InChI is InChI=1S/C36H44N4O5/c1-3-44-34(41)19-12-22-39-32-17-10-11-18-33(32)40(35(39)42)31-20-23-37(24-21-31)36(43)45-27-28(2)38(25-29-13-6-4-7-14-29)26-30-15-8-5-9-16-30/h4-11,13-18,28,31H,3,12,19-27H2,1-2H3. The number of carbonyl (C=O) groups excluding carboxylic acids is 2. The van der Waals surface area contributed by atoms with Crippen molar-refractivity contribution in [1.82, 2.24) is 18.9 Å². The monoisotopic (exact) mass is 612 g/mol. The molecule has 1 aliphatic rings. The van der Waals surface area contributed by atoms with Crippen LogP contribution >= 0.6 is 0 Å². The molecule has 238 valence electrons. The number of nitrogens with zero attached hydrogens (tertiary/aromatic N) is 4. The molecule has 1 saturated heterocycles. The van der Waals surface area contributed by atoms with Gasteiger partial charge in [-0.3, -0.25) is 18.8 Å². The minimum Gasteiger partial charge on any atom is -0.466 e. The third kappa shape index (κ3) is 8.22. The fraction of sp³-hybridized carbons (Fsp3) is 0.417. The van der Waals surface area contributed by atoms with Gasteiger partial charge in [-0.25, -0.2) is 9.59 Å². The van der Waals surface area contributed by atoms with Crippen LogP contribution in [0.5, 0.6) is 0 Å². The Hall–Kier alpha value is -4.37. The fourth-order valence-electron chi connectivity index (χ4n) is 6.11. The first-order valence-electron chi connectivity index (χ1n) is 16.0. The molecule has 3 aromatic carbocycles. The van der Waals surface area contributed by atoms with Crippen LogP contribution in [0.25, 0.3) is 11.0 Å². The number of benzene rings is 3. The maximum atomic E-state index is 13.6. The fourth-order valence-corrected chi connectivity index (χ4v) is 6.11. The molecule has 1 fully saturated rings. The van der Waals surface area contributed by atoms with Crippen molar-refractivity contribution >= 4 is 23.1 Å². The summed E-state index contributed by atoms with van der Waals surface area (Å²) in [4.78, 5) is 42.7. The summed E-state index contributed by atoms with van der Waals surface area (Å²) in [5.41, 5.74) is 4.09. The smallest absolute Gasteiger partial charge is 0.409 e. The Balaban J connectivity index is 1.18. The minimum atomic E-state index is -0.312. The number of imidazole rings is 1. The highest BCUT2D eigenvalue weighted by atomic mass is 16.6. The molecule has 1 amide bonds. The number of para-hydroxylation sites is 2. The highest BCUT2D eigenvalue weighted by Crippen LogP contribution is 2.26. The number of hydrogen-bond donors (Lipinski definition) is 0. The van der Waals surface area contributed by atoms with Crippen molar-refractivity contribution in [2.45, 2.75) is 71.2 Å². The van der Waals surface area contributed by atoms with Crippen molar-refractivity contribution in [3.05, 3.63) is 107 Å². The zero-order valence-corrected chi connectivity index (χ0v) is 26.3. The van der Waals surface area contributed by atoms with Crippen molar-refractivity contribution in [3.63, 3.8) is 0 Å². The third-order valence-corrected chi connectivity index (χ3v) is 8.55. The van der Waals surface area contributed by atoms with Gasteiger partial charge in [-0.1, -0.05) is 72.8 Å². The van der Waals surface area contributed by atoms with Gasteiger partial charge in [0.1, 0.15) is 6.61 Å². The number of rotatable bonds is 13. The second-order valence-corrected chi connectivity index (χ2v) is 11.7. The molecule has 5 rings (SSSR count). The quantitative estimate of drug-likeness (QED) is 0.172. The Morgan fingerprint density at radius 3 is 2.02 bits per heavy atom. The van der Waals surface area contributed by atoms with E-state index in [9.17, 15) is 14.4 Å². The first-order valence-corrected chi connectivity index (χ1v) is 16.0. The van der Waals surface area contributed by atoms with E-state index in [-0.39, 0.29) is 42.9 Å². The molecule has 0 bridgehead atoms. The minimum absolute atomic E-state index is 0.0143. The molecule has 1 aliphatic heterocycles. The summed E-state index contributed by atoms with van der Waals surface area (Å²) in [6.07, 6.45) is 1.82. The number of amides is 1. The summed E-state index contributed by atoms with van der Waals surface area (Å²) >= 11 is 0. The normalized spacial score (nSPS) is 14.5. The van der Waals surface area contributed by atoms with Gasteiger partial charge >= 0.3 is 17.8 Å². The van der Waals surface area contributed by atoms with Gasteiger partial charge in [0, 0.05) is 51.2 Å². The van der Waals surface area contributed by atoms with E-state index < -0.39 is 0 Å². The molecule has 0 N–H and O–H groups in total. The molecule has 0 radical (unpaired) electrons. The average Bonchev–Trinajstić information content (AvgIpc) is 3.35. The predicted octanol–water partition coefficient (Wildman–Crippen LogP) is 6.01. The molecule has 4 aromatic rings. The van der Waals surface area contributed by atoms with Crippen LogP contribution in [0.1, 0.15) is 56.7 Å². The van der Waals surface area contributed by atoms with Crippen LogP contribution in [-0.4, -0.2) is 63.3 Å². The average molecular weight is 613 g/mol. The first-order chi connectivity index (χ1) is 21.9. The summed E-state index contributed by atoms with van der Waals surface area (Å²) in [7, 11) is 0. The van der Waals surface area contributed by atoms with Crippen LogP contribution in [0.4, 0.5) is 4.79 Å². The maximum Gasteiger partial charge on any atom is 0.409 e. The lowest BCUT2D eigenvalue weighted by molar-refractivity contribution is -0.143. The first kappa shape index (κ1) is 32.0. The predicted molar refractivity (Wildman–Crippen MR) is 175 cm³/mol. The van der Waals surface area contributed by atoms with Crippen LogP contribution in [-0.2, 0) is 33.9 Å². The van der Waals surface area contributed by atoms with Gasteiger partial charge < -0.3 is 14.4 Å². The molecular weight excluding hydrogens is 568 g/mol. The second kappa shape index (κ2) is 15.6. The van der Waals surface area contributed by atoms with Gasteiger partial charge in [0.05, 0.1) is 17.6 Å². The molecule has 1 aromatic heterocycles. The number of piperidine rings is 1. The lowest BCUT2D eigenvalue weighted by atomic mass is 10.0. The SMILES string of the molecule is CCOC(=O)CCCn1c(=O)n(C2CCN(C(=O)OCC(C)N(Cc3ccccc3)Cc3ccccc3)CC2)c2ccccc21. The van der Waals surface area contributed by atoms with Gasteiger partial charge in [0.2, 0.25) is 0 Å². The highest BCUT2D eigenvalue weighted by Gasteiger charge is 2.28. The summed E-state index contributed by atoms with van der Waals surface area (Å²) in [5, 5.41) is 0. The van der Waals surface area contributed by atoms with Crippen LogP contribution in [0, 0.1) is 0 Å². The number of hydrogen-bond acceptors (Lipinski definition) is 6. The molecular formula is C36H44N4O5. The van der Waals surface area contributed by atoms with E-state index >= 15 is 0 Å². The lowest BCUT2D eigenvalue weighted by Crippen LogP contribution is -2.43. The number of carbonyl (C=O) groups is 2. The summed E-state index contributed by atoms with van der Waals surface area (Å²) in [5.74, 6) is -0.247. The van der Waals surface area contributed by atoms with E-state index in [1.54, 1.807) is 16.4 Å². The molecule has 0 saturated carbocycles. The molecule has 9 nitrogen and oxygen atoms in total. The highest BCUT2D eigenvalue weighted by molar-refractivity contribution is 5.76. The Morgan fingerprint density at radius 1 is 0.844 bits per heavy atom. The molecule has 0 aliphatic carbocycles. The van der Waals surface area contributed by atoms with Gasteiger partial charge in [0.15, 0.2) is 0 Å². The summed E-state index contributed by atoms with van der Waals surface area (Å²) in [6, 6.07) is 28.5. The van der Waals surface area contributed by atoms with Crippen LogP contribution in [0.15, 0.2) is 89.7 Å². The number of ether oxygens (including phenoxy) is 2. The van der Waals surface area contributed by atoms with Crippen molar-refractivity contribution in [3.8, 4) is 0 Å². The zero-order valence-electron chi connectivity index (χ0n) is 26.3. The van der Waals surface area contributed by atoms with Crippen LogP contribution in [0.2, 0.25) is 0 Å². The molecule has 9 heteroatoms. The van der Waals surface area contributed by atoms with Gasteiger partial charge in [-0.2, -0.15) is 0 Å². The molecule has 0 spiro atoms. The Labute approximate surface area is 265 Å². The molecule has 1 unspecified atom stereocenters. The summed E-state index contributed by atoms with van der Waals surface area (Å²) < 4.78 is 14.5.